The van der Waals surface area contributed by atoms with E-state index in [1.165, 1.54) is 0 Å². The standard InChI is InChI=1S/C11H12F2O/c1-2-3-4-8-5-10(12)11(13)6-9(8)7-14/h5-7H,2-4H2,1H3. The number of hydrogen-bond acceptors (Lipinski definition) is 1. The molecule has 0 aliphatic rings. The van der Waals surface area contributed by atoms with Crippen molar-refractivity contribution in [2.24, 2.45) is 0 Å². The summed E-state index contributed by atoms with van der Waals surface area (Å²) in [5, 5.41) is 0. The molecule has 76 valence electrons. The number of halogens is 2. The summed E-state index contributed by atoms with van der Waals surface area (Å²) in [4.78, 5) is 10.6. The molecule has 0 atom stereocenters. The van der Waals surface area contributed by atoms with E-state index in [9.17, 15) is 13.6 Å². The third-order valence-electron chi connectivity index (χ3n) is 2.11. The van der Waals surface area contributed by atoms with Crippen LogP contribution in [-0.4, -0.2) is 6.29 Å². The SMILES string of the molecule is CCCCc1cc(F)c(F)cc1C=O. The van der Waals surface area contributed by atoms with E-state index in [0.29, 0.717) is 18.3 Å². The molecule has 0 N–H and O–H groups in total. The first kappa shape index (κ1) is 10.8. The fourth-order valence-electron chi connectivity index (χ4n) is 1.30. The Morgan fingerprint density at radius 2 is 1.93 bits per heavy atom. The van der Waals surface area contributed by atoms with Gasteiger partial charge in [-0.15, -0.1) is 0 Å². The van der Waals surface area contributed by atoms with E-state index in [2.05, 4.69) is 0 Å². The predicted octanol–water partition coefficient (Wildman–Crippen LogP) is 3.12. The summed E-state index contributed by atoms with van der Waals surface area (Å²) in [5.41, 5.74) is 0.832. The van der Waals surface area contributed by atoms with Gasteiger partial charge < -0.3 is 0 Å². The molecule has 0 aromatic heterocycles. The topological polar surface area (TPSA) is 17.1 Å². The zero-order valence-corrected chi connectivity index (χ0v) is 8.02. The maximum atomic E-state index is 12.8. The van der Waals surface area contributed by atoms with Crippen molar-refractivity contribution >= 4 is 6.29 Å². The van der Waals surface area contributed by atoms with Crippen molar-refractivity contribution in [1.29, 1.82) is 0 Å². The Morgan fingerprint density at radius 1 is 1.29 bits per heavy atom. The zero-order valence-electron chi connectivity index (χ0n) is 8.02. The molecule has 0 fully saturated rings. The van der Waals surface area contributed by atoms with E-state index in [4.69, 9.17) is 0 Å². The normalized spacial score (nSPS) is 10.2. The molecular formula is C11H12F2O. The number of unbranched alkanes of at least 4 members (excludes halogenated alkanes) is 1. The maximum Gasteiger partial charge on any atom is 0.159 e. The van der Waals surface area contributed by atoms with Crippen molar-refractivity contribution < 1.29 is 13.6 Å². The van der Waals surface area contributed by atoms with Gasteiger partial charge in [-0.1, -0.05) is 13.3 Å². The van der Waals surface area contributed by atoms with E-state index >= 15 is 0 Å². The Hall–Kier alpha value is -1.25. The van der Waals surface area contributed by atoms with Crippen LogP contribution in [0.3, 0.4) is 0 Å². The van der Waals surface area contributed by atoms with Gasteiger partial charge in [0, 0.05) is 5.56 Å². The minimum Gasteiger partial charge on any atom is -0.298 e. The second-order valence-corrected chi connectivity index (χ2v) is 3.19. The van der Waals surface area contributed by atoms with Crippen molar-refractivity contribution in [2.45, 2.75) is 26.2 Å². The minimum atomic E-state index is -0.965. The molecule has 0 aliphatic carbocycles. The average molecular weight is 198 g/mol. The molecule has 0 heterocycles. The van der Waals surface area contributed by atoms with Crippen LogP contribution in [0.5, 0.6) is 0 Å². The van der Waals surface area contributed by atoms with Crippen LogP contribution in [0.4, 0.5) is 8.78 Å². The lowest BCUT2D eigenvalue weighted by molar-refractivity contribution is 0.112. The summed E-state index contributed by atoms with van der Waals surface area (Å²) in [6, 6.07) is 2.06. The Balaban J connectivity index is 3.00. The summed E-state index contributed by atoms with van der Waals surface area (Å²) in [7, 11) is 0. The summed E-state index contributed by atoms with van der Waals surface area (Å²) >= 11 is 0. The molecule has 0 saturated heterocycles. The van der Waals surface area contributed by atoms with Crippen LogP contribution in [0, 0.1) is 11.6 Å². The first-order valence-corrected chi connectivity index (χ1v) is 4.62. The van der Waals surface area contributed by atoms with E-state index in [1.807, 2.05) is 6.92 Å². The van der Waals surface area contributed by atoms with Crippen LogP contribution in [0.2, 0.25) is 0 Å². The van der Waals surface area contributed by atoms with Gasteiger partial charge in [-0.2, -0.15) is 0 Å². The summed E-state index contributed by atoms with van der Waals surface area (Å²) in [6.45, 7) is 2.00. The second kappa shape index (κ2) is 4.84. The van der Waals surface area contributed by atoms with Crippen LogP contribution >= 0.6 is 0 Å². The van der Waals surface area contributed by atoms with E-state index < -0.39 is 11.6 Å². The molecule has 0 saturated carbocycles. The van der Waals surface area contributed by atoms with Crippen LogP contribution in [0.1, 0.15) is 35.7 Å². The minimum absolute atomic E-state index is 0.248. The Kier molecular flexibility index (Phi) is 3.74. The molecule has 3 heteroatoms. The largest absolute Gasteiger partial charge is 0.298 e. The third kappa shape index (κ3) is 2.37. The van der Waals surface area contributed by atoms with E-state index in [1.54, 1.807) is 0 Å². The quantitative estimate of drug-likeness (QED) is 0.679. The predicted molar refractivity (Wildman–Crippen MR) is 50.4 cm³/mol. The Bertz CT molecular complexity index is 334. The number of carbonyl (C=O) groups excluding carboxylic acids is 1. The summed E-state index contributed by atoms with van der Waals surface area (Å²) in [6.07, 6.45) is 3.00. The highest BCUT2D eigenvalue weighted by molar-refractivity contribution is 5.77. The maximum absolute atomic E-state index is 12.8. The van der Waals surface area contributed by atoms with Gasteiger partial charge in [0.1, 0.15) is 6.29 Å². The average Bonchev–Trinajstić information content (AvgIpc) is 2.19. The number of carbonyl (C=O) groups is 1. The van der Waals surface area contributed by atoms with Gasteiger partial charge in [0.15, 0.2) is 11.6 Å². The summed E-state index contributed by atoms with van der Waals surface area (Å²) < 4.78 is 25.6. The van der Waals surface area contributed by atoms with Gasteiger partial charge in [-0.3, -0.25) is 4.79 Å². The van der Waals surface area contributed by atoms with Crippen molar-refractivity contribution in [1.82, 2.24) is 0 Å². The molecule has 1 rings (SSSR count). The molecule has 1 nitrogen and oxygen atoms in total. The number of rotatable bonds is 4. The molecular weight excluding hydrogens is 186 g/mol. The van der Waals surface area contributed by atoms with Gasteiger partial charge >= 0.3 is 0 Å². The second-order valence-electron chi connectivity index (χ2n) is 3.19. The third-order valence-corrected chi connectivity index (χ3v) is 2.11. The molecule has 0 aliphatic heterocycles. The van der Waals surface area contributed by atoms with E-state index in [0.717, 1.165) is 25.0 Å². The lowest BCUT2D eigenvalue weighted by atomic mass is 10.0. The highest BCUT2D eigenvalue weighted by Gasteiger charge is 2.08. The molecule has 0 radical (unpaired) electrons. The van der Waals surface area contributed by atoms with Gasteiger partial charge in [0.25, 0.3) is 0 Å². The van der Waals surface area contributed by atoms with Crippen molar-refractivity contribution in [3.8, 4) is 0 Å². The monoisotopic (exact) mass is 198 g/mol. The Morgan fingerprint density at radius 3 is 2.50 bits per heavy atom. The van der Waals surface area contributed by atoms with Gasteiger partial charge in [-0.05, 0) is 30.5 Å². The number of benzene rings is 1. The number of aryl methyl sites for hydroxylation is 1. The molecule has 1 aromatic rings. The molecule has 14 heavy (non-hydrogen) atoms. The van der Waals surface area contributed by atoms with E-state index in [-0.39, 0.29) is 5.56 Å². The van der Waals surface area contributed by atoms with Gasteiger partial charge in [0.05, 0.1) is 0 Å². The molecule has 1 aromatic carbocycles. The van der Waals surface area contributed by atoms with Gasteiger partial charge in [-0.25, -0.2) is 8.78 Å². The smallest absolute Gasteiger partial charge is 0.159 e. The molecule has 0 unspecified atom stereocenters. The highest BCUT2D eigenvalue weighted by Crippen LogP contribution is 2.15. The van der Waals surface area contributed by atoms with Crippen LogP contribution in [0.15, 0.2) is 12.1 Å². The lowest BCUT2D eigenvalue weighted by Gasteiger charge is -2.04. The van der Waals surface area contributed by atoms with Crippen molar-refractivity contribution in [3.05, 3.63) is 34.9 Å². The summed E-state index contributed by atoms with van der Waals surface area (Å²) in [5.74, 6) is -1.85. The van der Waals surface area contributed by atoms with Gasteiger partial charge in [0.2, 0.25) is 0 Å². The fourth-order valence-corrected chi connectivity index (χ4v) is 1.30. The zero-order chi connectivity index (χ0) is 10.6. The van der Waals surface area contributed by atoms with Crippen LogP contribution in [-0.2, 0) is 6.42 Å². The molecule has 0 spiro atoms. The lowest BCUT2D eigenvalue weighted by Crippen LogP contribution is -1.97. The first-order chi connectivity index (χ1) is 6.69. The Labute approximate surface area is 81.7 Å². The van der Waals surface area contributed by atoms with Crippen molar-refractivity contribution in [3.63, 3.8) is 0 Å². The molecule has 0 amide bonds. The number of aldehydes is 1. The first-order valence-electron chi connectivity index (χ1n) is 4.62. The fraction of sp³-hybridized carbons (Fsp3) is 0.364. The van der Waals surface area contributed by atoms with Crippen molar-refractivity contribution in [2.75, 3.05) is 0 Å². The highest BCUT2D eigenvalue weighted by atomic mass is 19.2. The van der Waals surface area contributed by atoms with Crippen LogP contribution < -0.4 is 0 Å². The van der Waals surface area contributed by atoms with Crippen LogP contribution in [0.25, 0.3) is 0 Å². The molecule has 0 bridgehead atoms. The number of hydrogen-bond donors (Lipinski definition) is 0.